The zero-order valence-corrected chi connectivity index (χ0v) is 15.7. The van der Waals surface area contributed by atoms with Crippen LogP contribution in [0.25, 0.3) is 0 Å². The monoisotopic (exact) mass is 420 g/mol. The molecule has 0 unspecified atom stereocenters. The van der Waals surface area contributed by atoms with Crippen molar-refractivity contribution in [2.45, 2.75) is 32.2 Å². The van der Waals surface area contributed by atoms with E-state index in [0.717, 1.165) is 0 Å². The molecular formula is C17H23ClF6N2O. The molecule has 0 radical (unpaired) electrons. The van der Waals surface area contributed by atoms with Crippen LogP contribution in [-0.2, 0) is 12.4 Å². The predicted molar refractivity (Wildman–Crippen MR) is 91.7 cm³/mol. The number of hydrogen-bond acceptors (Lipinski definition) is 3. The summed E-state index contributed by atoms with van der Waals surface area (Å²) in [6.07, 6.45) is -9.55. The number of nitrogens with one attached hydrogen (secondary N) is 1. The number of benzene rings is 1. The van der Waals surface area contributed by atoms with Gasteiger partial charge in [-0.15, -0.1) is 12.4 Å². The van der Waals surface area contributed by atoms with Gasteiger partial charge in [0.05, 0.1) is 11.1 Å². The lowest BCUT2D eigenvalue weighted by atomic mass is 9.77. The average Bonchev–Trinajstić information content (AvgIpc) is 2.54. The molecule has 0 saturated carbocycles. The number of aliphatic hydroxyl groups excluding tert-OH is 1. The summed E-state index contributed by atoms with van der Waals surface area (Å²) in [5.74, 6) is 0. The molecule has 1 aromatic carbocycles. The van der Waals surface area contributed by atoms with E-state index in [-0.39, 0.29) is 12.4 Å². The van der Waals surface area contributed by atoms with Gasteiger partial charge in [-0.2, -0.15) is 26.3 Å². The molecule has 1 aromatic rings. The lowest BCUT2D eigenvalue weighted by Gasteiger charge is -2.44. The van der Waals surface area contributed by atoms with Crippen molar-refractivity contribution in [2.24, 2.45) is 5.41 Å². The molecule has 0 aromatic heterocycles. The van der Waals surface area contributed by atoms with Crippen molar-refractivity contribution in [3.8, 4) is 0 Å². The molecule has 156 valence electrons. The normalized spacial score (nSPS) is 18.1. The first-order valence-corrected chi connectivity index (χ1v) is 8.22. The van der Waals surface area contributed by atoms with Crippen LogP contribution in [0.2, 0.25) is 0 Å². The fourth-order valence-electron chi connectivity index (χ4n) is 3.36. The van der Waals surface area contributed by atoms with Crippen LogP contribution in [0.5, 0.6) is 0 Å². The number of aliphatic hydroxyl groups is 1. The van der Waals surface area contributed by atoms with Gasteiger partial charge in [0.15, 0.2) is 0 Å². The predicted octanol–water partition coefficient (Wildman–Crippen LogP) is 4.11. The third kappa shape index (κ3) is 5.49. The summed E-state index contributed by atoms with van der Waals surface area (Å²) in [4.78, 5) is 1.71. The maximum Gasteiger partial charge on any atom is 0.416 e. The molecule has 0 spiro atoms. The van der Waals surface area contributed by atoms with Crippen molar-refractivity contribution in [2.75, 3.05) is 32.8 Å². The standard InChI is InChI=1S/C17H22F6N2O.ClH/c1-15(2,10-26)14(25-7-5-24-6-8-25)12-9-11(16(18,19)20)3-4-13(12)17(21,22)23;/h3-4,9,14,24,26H,5-8,10H2,1-2H3;1H/t14-;/m1./s1. The van der Waals surface area contributed by atoms with Gasteiger partial charge in [-0.25, -0.2) is 0 Å². The van der Waals surface area contributed by atoms with Gasteiger partial charge in [0.2, 0.25) is 0 Å². The highest BCUT2D eigenvalue weighted by molar-refractivity contribution is 5.85. The molecule has 2 N–H and O–H groups in total. The molecule has 2 rings (SSSR count). The second-order valence-corrected chi connectivity index (χ2v) is 7.13. The van der Waals surface area contributed by atoms with E-state index in [0.29, 0.717) is 44.4 Å². The van der Waals surface area contributed by atoms with Gasteiger partial charge in [0.1, 0.15) is 0 Å². The van der Waals surface area contributed by atoms with Crippen molar-refractivity contribution < 1.29 is 31.4 Å². The smallest absolute Gasteiger partial charge is 0.396 e. The Kier molecular flexibility index (Phi) is 7.60. The zero-order valence-electron chi connectivity index (χ0n) is 14.9. The molecule has 27 heavy (non-hydrogen) atoms. The second-order valence-electron chi connectivity index (χ2n) is 7.13. The second kappa shape index (κ2) is 8.55. The summed E-state index contributed by atoms with van der Waals surface area (Å²) in [5, 5.41) is 12.8. The number of nitrogens with zero attached hydrogens (tertiary/aromatic N) is 1. The highest BCUT2D eigenvalue weighted by Gasteiger charge is 2.44. The van der Waals surface area contributed by atoms with Gasteiger partial charge >= 0.3 is 12.4 Å². The summed E-state index contributed by atoms with van der Waals surface area (Å²) in [6.45, 7) is 4.43. The van der Waals surface area contributed by atoms with Crippen LogP contribution in [0, 0.1) is 5.41 Å². The van der Waals surface area contributed by atoms with Crippen LogP contribution < -0.4 is 5.32 Å². The molecule has 1 heterocycles. The number of halogens is 7. The van der Waals surface area contributed by atoms with E-state index < -0.39 is 47.1 Å². The average molecular weight is 421 g/mol. The molecule has 0 amide bonds. The van der Waals surface area contributed by atoms with Crippen molar-refractivity contribution in [1.29, 1.82) is 0 Å². The minimum Gasteiger partial charge on any atom is -0.396 e. The Morgan fingerprint density at radius 3 is 2.04 bits per heavy atom. The zero-order chi connectivity index (χ0) is 19.8. The molecule has 10 heteroatoms. The van der Waals surface area contributed by atoms with E-state index in [1.54, 1.807) is 18.7 Å². The Balaban J connectivity index is 0.00000364. The summed E-state index contributed by atoms with van der Waals surface area (Å²) in [6, 6.07) is 0.509. The highest BCUT2D eigenvalue weighted by Crippen LogP contribution is 2.45. The fourth-order valence-corrected chi connectivity index (χ4v) is 3.36. The van der Waals surface area contributed by atoms with Gasteiger partial charge in [-0.1, -0.05) is 13.8 Å². The molecule has 1 fully saturated rings. The van der Waals surface area contributed by atoms with E-state index in [1.165, 1.54) is 0 Å². The van der Waals surface area contributed by atoms with Crippen LogP contribution in [0.1, 0.15) is 36.6 Å². The van der Waals surface area contributed by atoms with Gasteiger partial charge in [0, 0.05) is 44.2 Å². The lowest BCUT2D eigenvalue weighted by Crippen LogP contribution is -2.50. The SMILES string of the molecule is CC(C)(CO)[C@@H](c1cc(C(F)(F)F)ccc1C(F)(F)F)N1CCNCC1.Cl. The number of hydrogen-bond donors (Lipinski definition) is 2. The van der Waals surface area contributed by atoms with Crippen LogP contribution in [0.4, 0.5) is 26.3 Å². The quantitative estimate of drug-likeness (QED) is 0.720. The van der Waals surface area contributed by atoms with Gasteiger partial charge in [-0.3, -0.25) is 4.90 Å². The Morgan fingerprint density at radius 1 is 1.04 bits per heavy atom. The van der Waals surface area contributed by atoms with Gasteiger partial charge in [-0.05, 0) is 23.8 Å². The molecule has 1 aliphatic rings. The largest absolute Gasteiger partial charge is 0.416 e. The lowest BCUT2D eigenvalue weighted by molar-refractivity contribution is -0.143. The Bertz CT molecular complexity index is 627. The molecule has 1 saturated heterocycles. The minimum absolute atomic E-state index is 0. The van der Waals surface area contributed by atoms with Crippen molar-refractivity contribution in [1.82, 2.24) is 10.2 Å². The van der Waals surface area contributed by atoms with E-state index in [4.69, 9.17) is 0 Å². The summed E-state index contributed by atoms with van der Waals surface area (Å²) in [5.41, 5.74) is -3.75. The third-order valence-corrected chi connectivity index (χ3v) is 4.64. The molecule has 0 aliphatic carbocycles. The number of alkyl halides is 6. The van der Waals surface area contributed by atoms with Crippen LogP contribution in [0.3, 0.4) is 0 Å². The molecule has 1 aliphatic heterocycles. The maximum atomic E-state index is 13.5. The van der Waals surface area contributed by atoms with Gasteiger partial charge in [0.25, 0.3) is 0 Å². The fraction of sp³-hybridized carbons (Fsp3) is 0.647. The van der Waals surface area contributed by atoms with Gasteiger partial charge < -0.3 is 10.4 Å². The third-order valence-electron chi connectivity index (χ3n) is 4.64. The first-order chi connectivity index (χ1) is 11.9. The minimum atomic E-state index is -4.79. The molecule has 1 atom stereocenters. The van der Waals surface area contributed by atoms with Crippen molar-refractivity contribution >= 4 is 12.4 Å². The Morgan fingerprint density at radius 2 is 1.59 bits per heavy atom. The molecule has 0 bridgehead atoms. The van der Waals surface area contributed by atoms with E-state index in [9.17, 15) is 31.4 Å². The number of rotatable bonds is 4. The summed E-state index contributed by atoms with van der Waals surface area (Å²) >= 11 is 0. The topological polar surface area (TPSA) is 35.5 Å². The molecular weight excluding hydrogens is 398 g/mol. The van der Waals surface area contributed by atoms with E-state index in [2.05, 4.69) is 5.32 Å². The number of piperazine rings is 1. The Hall–Kier alpha value is -1.03. The van der Waals surface area contributed by atoms with E-state index in [1.807, 2.05) is 0 Å². The summed E-state index contributed by atoms with van der Waals surface area (Å²) in [7, 11) is 0. The van der Waals surface area contributed by atoms with Crippen LogP contribution >= 0.6 is 12.4 Å². The molecule has 3 nitrogen and oxygen atoms in total. The highest BCUT2D eigenvalue weighted by atomic mass is 35.5. The first-order valence-electron chi connectivity index (χ1n) is 8.22. The van der Waals surface area contributed by atoms with Crippen LogP contribution in [-0.4, -0.2) is 42.8 Å². The first kappa shape index (κ1) is 24.0. The Labute approximate surface area is 160 Å². The maximum absolute atomic E-state index is 13.5. The van der Waals surface area contributed by atoms with Crippen molar-refractivity contribution in [3.63, 3.8) is 0 Å². The van der Waals surface area contributed by atoms with E-state index >= 15 is 0 Å². The van der Waals surface area contributed by atoms with Crippen LogP contribution in [0.15, 0.2) is 18.2 Å². The van der Waals surface area contributed by atoms with Crippen molar-refractivity contribution in [3.05, 3.63) is 34.9 Å². The summed E-state index contributed by atoms with van der Waals surface area (Å²) < 4.78 is 79.9.